The van der Waals surface area contributed by atoms with E-state index in [0.29, 0.717) is 20.3 Å². The van der Waals surface area contributed by atoms with Crippen LogP contribution in [0, 0.1) is 0 Å². The number of hydrogen-bond acceptors (Lipinski definition) is 3. The molecule has 1 unspecified atom stereocenters. The number of hydrazine groups is 1. The Bertz CT molecular complexity index is 769. The van der Waals surface area contributed by atoms with Crippen molar-refractivity contribution in [1.29, 1.82) is 0 Å². The van der Waals surface area contributed by atoms with Gasteiger partial charge in [0.25, 0.3) is 5.91 Å². The minimum absolute atomic E-state index is 0.120. The lowest BCUT2D eigenvalue weighted by Crippen LogP contribution is -2.47. The molecule has 0 aliphatic rings. The maximum Gasteiger partial charge on any atom is 0.279 e. The Hall–Kier alpha value is -1.76. The van der Waals surface area contributed by atoms with Gasteiger partial charge >= 0.3 is 0 Å². The van der Waals surface area contributed by atoms with Gasteiger partial charge in [-0.15, -0.1) is 0 Å². The first kappa shape index (κ1) is 19.6. The Kier molecular flexibility index (Phi) is 7.11. The highest BCUT2D eigenvalue weighted by Crippen LogP contribution is 2.28. The third-order valence-electron chi connectivity index (χ3n) is 3.17. The van der Waals surface area contributed by atoms with Crippen LogP contribution in [0.4, 0.5) is 0 Å². The number of amides is 2. The molecule has 2 aromatic rings. The molecule has 0 saturated carbocycles. The first-order valence-corrected chi connectivity index (χ1v) is 8.85. The van der Waals surface area contributed by atoms with Gasteiger partial charge in [0.05, 0.1) is 10.9 Å². The van der Waals surface area contributed by atoms with Crippen molar-refractivity contribution in [1.82, 2.24) is 10.9 Å². The molecule has 8 heteroatoms. The fourth-order valence-electron chi connectivity index (χ4n) is 1.88. The maximum absolute atomic E-state index is 12.0. The summed E-state index contributed by atoms with van der Waals surface area (Å²) in [7, 11) is 0. The molecule has 132 valence electrons. The number of halogens is 3. The van der Waals surface area contributed by atoms with Crippen LogP contribution in [0.3, 0.4) is 0 Å². The third kappa shape index (κ3) is 6.23. The van der Waals surface area contributed by atoms with Crippen LogP contribution in [-0.2, 0) is 16.0 Å². The molecule has 2 rings (SSSR count). The van der Waals surface area contributed by atoms with E-state index >= 15 is 0 Å². The summed E-state index contributed by atoms with van der Waals surface area (Å²) in [5, 5.41) is 1.14. The third-order valence-corrected chi connectivity index (χ3v) is 4.28. The minimum atomic E-state index is -0.812. The second-order valence-electron chi connectivity index (χ2n) is 5.18. The van der Waals surface area contributed by atoms with E-state index in [0.717, 1.165) is 5.56 Å². The molecule has 0 fully saturated rings. The van der Waals surface area contributed by atoms with Gasteiger partial charge in [-0.2, -0.15) is 0 Å². The summed E-state index contributed by atoms with van der Waals surface area (Å²) in [5.74, 6) is -0.360. The number of carbonyl (C=O) groups excluding carboxylic acids is 2. The Morgan fingerprint density at radius 3 is 2.36 bits per heavy atom. The van der Waals surface area contributed by atoms with Crippen LogP contribution in [0.5, 0.6) is 5.75 Å². The van der Waals surface area contributed by atoms with Crippen LogP contribution in [0.15, 0.2) is 46.9 Å². The van der Waals surface area contributed by atoms with Crippen molar-refractivity contribution in [2.24, 2.45) is 0 Å². The lowest BCUT2D eigenvalue weighted by atomic mass is 10.1. The lowest BCUT2D eigenvalue weighted by Gasteiger charge is -2.16. The number of hydrogen-bond donors (Lipinski definition) is 2. The quantitative estimate of drug-likeness (QED) is 0.685. The summed E-state index contributed by atoms with van der Waals surface area (Å²) in [5.41, 5.74) is 5.47. The van der Waals surface area contributed by atoms with Crippen molar-refractivity contribution >= 4 is 50.9 Å². The second kappa shape index (κ2) is 9.08. The monoisotopic (exact) mass is 444 g/mol. The largest absolute Gasteiger partial charge is 0.480 e. The predicted molar refractivity (Wildman–Crippen MR) is 101 cm³/mol. The molecule has 0 heterocycles. The number of benzene rings is 2. The lowest BCUT2D eigenvalue weighted by molar-refractivity contribution is -0.132. The highest BCUT2D eigenvalue weighted by atomic mass is 79.9. The fourth-order valence-corrected chi connectivity index (χ4v) is 2.78. The van der Waals surface area contributed by atoms with Crippen molar-refractivity contribution < 1.29 is 14.3 Å². The molecule has 0 radical (unpaired) electrons. The number of carbonyl (C=O) groups is 2. The molecule has 0 spiro atoms. The smallest absolute Gasteiger partial charge is 0.279 e. The molecular formula is C17H15BrCl2N2O3. The first-order chi connectivity index (χ1) is 11.8. The van der Waals surface area contributed by atoms with E-state index < -0.39 is 12.0 Å². The van der Waals surface area contributed by atoms with Gasteiger partial charge in [-0.3, -0.25) is 20.4 Å². The van der Waals surface area contributed by atoms with Gasteiger partial charge in [-0.05, 0) is 58.7 Å². The van der Waals surface area contributed by atoms with Gasteiger partial charge in [0.1, 0.15) is 5.75 Å². The fraction of sp³-hybridized carbons (Fsp3) is 0.176. The van der Waals surface area contributed by atoms with Crippen molar-refractivity contribution in [3.63, 3.8) is 0 Å². The zero-order valence-electron chi connectivity index (χ0n) is 13.2. The highest BCUT2D eigenvalue weighted by Gasteiger charge is 2.17. The average molecular weight is 446 g/mol. The molecule has 0 aliphatic heterocycles. The number of nitrogens with one attached hydrogen (secondary N) is 2. The van der Waals surface area contributed by atoms with Gasteiger partial charge in [0.2, 0.25) is 5.91 Å². The normalized spacial score (nSPS) is 11.5. The topological polar surface area (TPSA) is 67.4 Å². The van der Waals surface area contributed by atoms with Gasteiger partial charge in [-0.25, -0.2) is 0 Å². The van der Waals surface area contributed by atoms with Crippen LogP contribution in [0.25, 0.3) is 0 Å². The molecule has 1 atom stereocenters. The van der Waals surface area contributed by atoms with Gasteiger partial charge in [-0.1, -0.05) is 35.3 Å². The molecule has 2 N–H and O–H groups in total. The highest BCUT2D eigenvalue weighted by molar-refractivity contribution is 9.10. The zero-order valence-corrected chi connectivity index (χ0v) is 16.3. The Morgan fingerprint density at radius 1 is 1.08 bits per heavy atom. The average Bonchev–Trinajstić information content (AvgIpc) is 2.57. The van der Waals surface area contributed by atoms with Crippen LogP contribution >= 0.6 is 39.1 Å². The zero-order chi connectivity index (χ0) is 18.4. The van der Waals surface area contributed by atoms with E-state index in [2.05, 4.69) is 26.8 Å². The first-order valence-electron chi connectivity index (χ1n) is 7.30. The molecule has 5 nitrogen and oxygen atoms in total. The number of ether oxygens (including phenoxy) is 1. The summed E-state index contributed by atoms with van der Waals surface area (Å²) in [6.45, 7) is 1.57. The Morgan fingerprint density at radius 2 is 1.72 bits per heavy atom. The SMILES string of the molecule is CC(Oc1ccc(Cl)cc1Br)C(=O)NNC(=O)Cc1ccc(Cl)cc1. The van der Waals surface area contributed by atoms with Crippen molar-refractivity contribution in [2.45, 2.75) is 19.4 Å². The number of rotatable bonds is 5. The van der Waals surface area contributed by atoms with Crippen molar-refractivity contribution in [3.05, 3.63) is 62.5 Å². The van der Waals surface area contributed by atoms with Gasteiger partial charge in [0.15, 0.2) is 6.10 Å². The maximum atomic E-state index is 12.0. The summed E-state index contributed by atoms with van der Waals surface area (Å²) in [6, 6.07) is 11.8. The predicted octanol–water partition coefficient (Wildman–Crippen LogP) is 3.91. The summed E-state index contributed by atoms with van der Waals surface area (Å²) in [6.07, 6.45) is -0.691. The molecule has 0 aliphatic carbocycles. The van der Waals surface area contributed by atoms with Crippen LogP contribution in [-0.4, -0.2) is 17.9 Å². The van der Waals surface area contributed by atoms with Crippen LogP contribution in [0.2, 0.25) is 10.0 Å². The summed E-state index contributed by atoms with van der Waals surface area (Å²) >= 11 is 15.0. The molecular weight excluding hydrogens is 431 g/mol. The molecule has 0 bridgehead atoms. The molecule has 25 heavy (non-hydrogen) atoms. The van der Waals surface area contributed by atoms with E-state index in [1.54, 1.807) is 49.4 Å². The summed E-state index contributed by atoms with van der Waals surface area (Å²) < 4.78 is 6.17. The Balaban J connectivity index is 1.82. The van der Waals surface area contributed by atoms with Gasteiger partial charge < -0.3 is 4.74 Å². The minimum Gasteiger partial charge on any atom is -0.480 e. The summed E-state index contributed by atoms with van der Waals surface area (Å²) in [4.78, 5) is 23.9. The van der Waals surface area contributed by atoms with Crippen molar-refractivity contribution in [3.8, 4) is 5.75 Å². The van der Waals surface area contributed by atoms with Crippen molar-refractivity contribution in [2.75, 3.05) is 0 Å². The van der Waals surface area contributed by atoms with Gasteiger partial charge in [0, 0.05) is 10.0 Å². The van der Waals surface area contributed by atoms with E-state index in [4.69, 9.17) is 27.9 Å². The Labute approximate surface area is 163 Å². The molecule has 0 aromatic heterocycles. The molecule has 2 amide bonds. The van der Waals surface area contributed by atoms with Crippen LogP contribution < -0.4 is 15.6 Å². The van der Waals surface area contributed by atoms with E-state index in [1.165, 1.54) is 0 Å². The molecule has 0 saturated heterocycles. The van der Waals surface area contributed by atoms with E-state index in [9.17, 15) is 9.59 Å². The van der Waals surface area contributed by atoms with E-state index in [1.807, 2.05) is 0 Å². The molecule has 2 aromatic carbocycles. The van der Waals surface area contributed by atoms with E-state index in [-0.39, 0.29) is 12.3 Å². The van der Waals surface area contributed by atoms with Crippen LogP contribution in [0.1, 0.15) is 12.5 Å². The second-order valence-corrected chi connectivity index (χ2v) is 6.90. The standard InChI is InChI=1S/C17H15BrCl2N2O3/c1-10(25-15-7-6-13(20)9-14(15)18)17(24)22-21-16(23)8-11-2-4-12(19)5-3-11/h2-7,9-10H,8H2,1H3,(H,21,23)(H,22,24).